The van der Waals surface area contributed by atoms with Gasteiger partial charge in [0, 0.05) is 18.7 Å². The number of carbonyl (C=O) groups is 2. The minimum absolute atomic E-state index is 0.234. The number of aryl methyl sites for hydroxylation is 2. The number of rotatable bonds is 3. The van der Waals surface area contributed by atoms with E-state index in [1.54, 1.807) is 0 Å². The second-order valence-corrected chi connectivity index (χ2v) is 7.18. The first-order valence-corrected chi connectivity index (χ1v) is 9.31. The number of benzene rings is 1. The molecule has 0 unspecified atom stereocenters. The lowest BCUT2D eigenvalue weighted by Crippen LogP contribution is -2.34. The minimum atomic E-state index is -0.914. The molecule has 26 heavy (non-hydrogen) atoms. The van der Waals surface area contributed by atoms with Gasteiger partial charge in [-0.25, -0.2) is 4.98 Å². The summed E-state index contributed by atoms with van der Waals surface area (Å²) in [4.78, 5) is 28.8. The van der Waals surface area contributed by atoms with Crippen molar-refractivity contribution in [3.63, 3.8) is 0 Å². The SMILES string of the molecule is O=C(O)[C@H]1CC=CC[C@@H]1C(=O)Nc1ccc2c(c1)nc1n2CCCCC1. The molecule has 0 saturated heterocycles. The van der Waals surface area contributed by atoms with E-state index in [0.717, 1.165) is 29.8 Å². The van der Waals surface area contributed by atoms with Crippen molar-refractivity contribution in [2.24, 2.45) is 11.8 Å². The number of nitrogens with zero attached hydrogens (tertiary/aromatic N) is 2. The molecule has 2 heterocycles. The zero-order valence-corrected chi connectivity index (χ0v) is 14.6. The standard InChI is InChI=1S/C20H23N3O3/c24-19(14-6-3-4-7-15(14)20(25)26)21-13-9-10-17-16(12-13)22-18-8-2-1-5-11-23(17)18/h3-4,9-10,12,14-15H,1-2,5-8,11H2,(H,21,24)(H,25,26)/t14-,15-/m0/s1. The summed E-state index contributed by atoms with van der Waals surface area (Å²) in [5.41, 5.74) is 2.66. The van der Waals surface area contributed by atoms with Crippen LogP contribution in [0, 0.1) is 11.8 Å². The van der Waals surface area contributed by atoms with E-state index in [9.17, 15) is 14.7 Å². The van der Waals surface area contributed by atoms with Crippen molar-refractivity contribution in [1.82, 2.24) is 9.55 Å². The lowest BCUT2D eigenvalue weighted by molar-refractivity contribution is -0.146. The number of nitrogens with one attached hydrogen (secondary N) is 1. The van der Waals surface area contributed by atoms with Gasteiger partial charge in [0.2, 0.25) is 5.91 Å². The van der Waals surface area contributed by atoms with E-state index in [2.05, 4.69) is 9.88 Å². The second-order valence-electron chi connectivity index (χ2n) is 7.18. The zero-order chi connectivity index (χ0) is 18.1. The van der Waals surface area contributed by atoms with E-state index in [0.29, 0.717) is 18.5 Å². The topological polar surface area (TPSA) is 84.2 Å². The largest absolute Gasteiger partial charge is 0.481 e. The van der Waals surface area contributed by atoms with E-state index in [4.69, 9.17) is 4.98 Å². The molecule has 0 bridgehead atoms. The fourth-order valence-corrected chi connectivity index (χ4v) is 4.04. The van der Waals surface area contributed by atoms with Crippen LogP contribution in [0.2, 0.25) is 0 Å². The van der Waals surface area contributed by atoms with Crippen molar-refractivity contribution in [2.45, 2.75) is 45.1 Å². The van der Waals surface area contributed by atoms with Crippen LogP contribution in [0.3, 0.4) is 0 Å². The Balaban J connectivity index is 1.56. The fourth-order valence-electron chi connectivity index (χ4n) is 4.04. The van der Waals surface area contributed by atoms with Crippen molar-refractivity contribution < 1.29 is 14.7 Å². The van der Waals surface area contributed by atoms with E-state index < -0.39 is 17.8 Å². The third kappa shape index (κ3) is 3.11. The van der Waals surface area contributed by atoms with Crippen molar-refractivity contribution >= 4 is 28.6 Å². The molecule has 1 aromatic carbocycles. The number of anilines is 1. The second kappa shape index (κ2) is 6.94. The Labute approximate surface area is 151 Å². The van der Waals surface area contributed by atoms with Gasteiger partial charge in [-0.1, -0.05) is 18.6 Å². The summed E-state index contributed by atoms with van der Waals surface area (Å²) in [7, 11) is 0. The number of allylic oxidation sites excluding steroid dienone is 2. The molecule has 4 rings (SSSR count). The normalized spacial score (nSPS) is 22.6. The van der Waals surface area contributed by atoms with Gasteiger partial charge >= 0.3 is 5.97 Å². The molecule has 2 aromatic rings. The number of imidazole rings is 1. The lowest BCUT2D eigenvalue weighted by Gasteiger charge is -2.24. The van der Waals surface area contributed by atoms with E-state index in [1.807, 2.05) is 30.4 Å². The maximum absolute atomic E-state index is 12.6. The van der Waals surface area contributed by atoms with Gasteiger partial charge in [0.05, 0.1) is 22.9 Å². The Morgan fingerprint density at radius 3 is 2.73 bits per heavy atom. The maximum atomic E-state index is 12.6. The lowest BCUT2D eigenvalue weighted by atomic mass is 9.82. The van der Waals surface area contributed by atoms with Gasteiger partial charge in [0.15, 0.2) is 0 Å². The molecule has 2 atom stereocenters. The molecule has 136 valence electrons. The summed E-state index contributed by atoms with van der Waals surface area (Å²) in [5, 5.41) is 12.3. The first-order valence-electron chi connectivity index (χ1n) is 9.31. The first-order chi connectivity index (χ1) is 12.6. The summed E-state index contributed by atoms with van der Waals surface area (Å²) in [6.07, 6.45) is 9.15. The van der Waals surface area contributed by atoms with E-state index >= 15 is 0 Å². The van der Waals surface area contributed by atoms with Gasteiger partial charge in [-0.3, -0.25) is 9.59 Å². The van der Waals surface area contributed by atoms with Crippen LogP contribution in [0.1, 0.15) is 37.9 Å². The number of aromatic nitrogens is 2. The summed E-state index contributed by atoms with van der Waals surface area (Å²) in [5.74, 6) is -1.23. The van der Waals surface area contributed by atoms with Crippen molar-refractivity contribution in [1.29, 1.82) is 0 Å². The van der Waals surface area contributed by atoms with Crippen LogP contribution < -0.4 is 5.32 Å². The first kappa shape index (κ1) is 16.8. The van der Waals surface area contributed by atoms with Gasteiger partial charge in [-0.05, 0) is 43.9 Å². The number of hydrogen-bond acceptors (Lipinski definition) is 3. The fraction of sp³-hybridized carbons (Fsp3) is 0.450. The summed E-state index contributed by atoms with van der Waals surface area (Å²) < 4.78 is 2.28. The Morgan fingerprint density at radius 1 is 1.12 bits per heavy atom. The number of fused-ring (bicyclic) bond motifs is 3. The zero-order valence-electron chi connectivity index (χ0n) is 14.6. The molecule has 1 aliphatic carbocycles. The summed E-state index contributed by atoms with van der Waals surface area (Å²) in [6, 6.07) is 5.78. The highest BCUT2D eigenvalue weighted by Gasteiger charge is 2.34. The van der Waals surface area contributed by atoms with Crippen LogP contribution in [-0.4, -0.2) is 26.5 Å². The molecule has 1 amide bonds. The van der Waals surface area contributed by atoms with E-state index in [-0.39, 0.29) is 5.91 Å². The highest BCUT2D eigenvalue weighted by molar-refractivity contribution is 5.97. The number of carboxylic acid groups (broad SMARTS) is 1. The average Bonchev–Trinajstić information content (AvgIpc) is 2.82. The van der Waals surface area contributed by atoms with Crippen LogP contribution in [0.15, 0.2) is 30.4 Å². The Hall–Kier alpha value is -2.63. The number of carbonyl (C=O) groups excluding carboxylic acids is 1. The summed E-state index contributed by atoms with van der Waals surface area (Å²) in [6.45, 7) is 0.992. The molecule has 6 heteroatoms. The molecular weight excluding hydrogens is 330 g/mol. The van der Waals surface area contributed by atoms with Crippen LogP contribution in [0.25, 0.3) is 11.0 Å². The number of carboxylic acids is 1. The van der Waals surface area contributed by atoms with Gasteiger partial charge in [-0.2, -0.15) is 0 Å². The van der Waals surface area contributed by atoms with Gasteiger partial charge in [-0.15, -0.1) is 0 Å². The third-order valence-electron chi connectivity index (χ3n) is 5.46. The number of aliphatic carboxylic acids is 1. The van der Waals surface area contributed by atoms with Crippen molar-refractivity contribution in [3.8, 4) is 0 Å². The predicted octanol–water partition coefficient (Wildman–Crippen LogP) is 3.37. The van der Waals surface area contributed by atoms with Crippen molar-refractivity contribution in [2.75, 3.05) is 5.32 Å². The molecular formula is C20H23N3O3. The Kier molecular flexibility index (Phi) is 4.49. The average molecular weight is 353 g/mol. The third-order valence-corrected chi connectivity index (χ3v) is 5.46. The molecule has 6 nitrogen and oxygen atoms in total. The van der Waals surface area contributed by atoms with E-state index in [1.165, 1.54) is 19.3 Å². The van der Waals surface area contributed by atoms with Crippen LogP contribution in [0.5, 0.6) is 0 Å². The van der Waals surface area contributed by atoms with Gasteiger partial charge in [0.1, 0.15) is 5.82 Å². The smallest absolute Gasteiger partial charge is 0.307 e. The highest BCUT2D eigenvalue weighted by atomic mass is 16.4. The Morgan fingerprint density at radius 2 is 1.92 bits per heavy atom. The van der Waals surface area contributed by atoms with Crippen LogP contribution >= 0.6 is 0 Å². The summed E-state index contributed by atoms with van der Waals surface area (Å²) >= 11 is 0. The molecule has 2 aliphatic rings. The highest BCUT2D eigenvalue weighted by Crippen LogP contribution is 2.28. The van der Waals surface area contributed by atoms with Crippen LogP contribution in [-0.2, 0) is 22.6 Å². The number of amides is 1. The Bertz CT molecular complexity index is 884. The quantitative estimate of drug-likeness (QED) is 0.829. The molecule has 1 aliphatic heterocycles. The molecule has 1 aromatic heterocycles. The minimum Gasteiger partial charge on any atom is -0.481 e. The monoisotopic (exact) mass is 353 g/mol. The molecule has 2 N–H and O–H groups in total. The molecule has 0 spiro atoms. The molecule has 0 radical (unpaired) electrons. The van der Waals surface area contributed by atoms with Gasteiger partial charge in [0.25, 0.3) is 0 Å². The predicted molar refractivity (Wildman–Crippen MR) is 98.9 cm³/mol. The number of hydrogen-bond donors (Lipinski definition) is 2. The molecule has 0 fully saturated rings. The molecule has 0 saturated carbocycles. The maximum Gasteiger partial charge on any atom is 0.307 e. The van der Waals surface area contributed by atoms with Crippen LogP contribution in [0.4, 0.5) is 5.69 Å². The van der Waals surface area contributed by atoms with Crippen molar-refractivity contribution in [3.05, 3.63) is 36.2 Å². The van der Waals surface area contributed by atoms with Gasteiger partial charge < -0.3 is 15.0 Å².